The van der Waals surface area contributed by atoms with Gasteiger partial charge >= 0.3 is 0 Å². The van der Waals surface area contributed by atoms with Crippen molar-refractivity contribution in [1.82, 2.24) is 15.5 Å². The first kappa shape index (κ1) is 24.7. The molecule has 31 heavy (non-hydrogen) atoms. The van der Waals surface area contributed by atoms with Crippen molar-refractivity contribution in [3.05, 3.63) is 42.0 Å². The average molecular weight is 428 g/mol. The summed E-state index contributed by atoms with van der Waals surface area (Å²) in [7, 11) is 3.96. The van der Waals surface area contributed by atoms with Gasteiger partial charge in [-0.3, -0.25) is 9.59 Å². The second-order valence-electron chi connectivity index (χ2n) is 8.81. The summed E-state index contributed by atoms with van der Waals surface area (Å²) in [6, 6.07) is 10.8. The Morgan fingerprint density at radius 2 is 1.71 bits per heavy atom. The molecule has 0 spiro atoms. The van der Waals surface area contributed by atoms with Gasteiger partial charge in [0.1, 0.15) is 11.8 Å². The Balaban J connectivity index is 2.08. The standard InChI is InChI=1S/C25H37N3O3/c1-7-9-22(24(30)26-17-25(3,4)28(5)6)27-23(29)20-11-10-19-16-21(31-14-8-2)13-12-18(19)15-20/h10-13,15-16,22H,7-9,14,17H2,1-6H3,(H,26,30)(H,27,29)/t22-/m0/s1. The molecule has 0 aromatic heterocycles. The van der Waals surface area contributed by atoms with Gasteiger partial charge in [0.25, 0.3) is 5.91 Å². The lowest BCUT2D eigenvalue weighted by Gasteiger charge is -2.33. The van der Waals surface area contributed by atoms with Crippen molar-refractivity contribution < 1.29 is 14.3 Å². The van der Waals surface area contributed by atoms with Crippen LogP contribution < -0.4 is 15.4 Å². The van der Waals surface area contributed by atoms with Gasteiger partial charge in [-0.15, -0.1) is 0 Å². The number of rotatable bonds is 11. The Bertz CT molecular complexity index is 893. The Labute approximate surface area is 186 Å². The van der Waals surface area contributed by atoms with Crippen molar-refractivity contribution in [1.29, 1.82) is 0 Å². The highest BCUT2D eigenvalue weighted by atomic mass is 16.5. The number of hydrogen-bond donors (Lipinski definition) is 2. The van der Waals surface area contributed by atoms with Crippen LogP contribution in [0.3, 0.4) is 0 Å². The van der Waals surface area contributed by atoms with E-state index in [-0.39, 0.29) is 17.4 Å². The fourth-order valence-corrected chi connectivity index (χ4v) is 3.06. The summed E-state index contributed by atoms with van der Waals surface area (Å²) in [5, 5.41) is 7.88. The van der Waals surface area contributed by atoms with Gasteiger partial charge in [-0.1, -0.05) is 32.4 Å². The first-order valence-electron chi connectivity index (χ1n) is 11.1. The lowest BCUT2D eigenvalue weighted by molar-refractivity contribution is -0.123. The van der Waals surface area contributed by atoms with Gasteiger partial charge < -0.3 is 20.3 Å². The van der Waals surface area contributed by atoms with E-state index >= 15 is 0 Å². The maximum absolute atomic E-state index is 12.9. The first-order chi connectivity index (χ1) is 14.7. The molecular formula is C25H37N3O3. The predicted octanol–water partition coefficient (Wildman–Crippen LogP) is 3.98. The zero-order valence-corrected chi connectivity index (χ0v) is 19.7. The number of nitrogens with zero attached hydrogens (tertiary/aromatic N) is 1. The number of likely N-dealkylation sites (N-methyl/N-ethyl adjacent to an activating group) is 1. The van der Waals surface area contributed by atoms with E-state index in [4.69, 9.17) is 4.74 Å². The Hall–Kier alpha value is -2.60. The van der Waals surface area contributed by atoms with Crippen LogP contribution in [-0.4, -0.2) is 55.5 Å². The van der Waals surface area contributed by atoms with Crippen LogP contribution in [0.5, 0.6) is 5.75 Å². The zero-order valence-electron chi connectivity index (χ0n) is 19.7. The van der Waals surface area contributed by atoms with Crippen LogP contribution in [0.1, 0.15) is 57.3 Å². The smallest absolute Gasteiger partial charge is 0.251 e. The minimum absolute atomic E-state index is 0.149. The number of hydrogen-bond acceptors (Lipinski definition) is 4. The van der Waals surface area contributed by atoms with Gasteiger partial charge in [0.05, 0.1) is 6.61 Å². The predicted molar refractivity (Wildman–Crippen MR) is 127 cm³/mol. The van der Waals surface area contributed by atoms with Crippen LogP contribution >= 0.6 is 0 Å². The van der Waals surface area contributed by atoms with Gasteiger partial charge in [0.15, 0.2) is 0 Å². The van der Waals surface area contributed by atoms with E-state index in [0.717, 1.165) is 29.4 Å². The van der Waals surface area contributed by atoms with Crippen molar-refractivity contribution in [2.24, 2.45) is 0 Å². The molecule has 0 aliphatic rings. The summed E-state index contributed by atoms with van der Waals surface area (Å²) in [6.07, 6.45) is 2.34. The number of fused-ring (bicyclic) bond motifs is 1. The van der Waals surface area contributed by atoms with E-state index in [1.54, 1.807) is 6.07 Å². The Kier molecular flexibility index (Phi) is 8.87. The van der Waals surface area contributed by atoms with Crippen molar-refractivity contribution >= 4 is 22.6 Å². The second-order valence-corrected chi connectivity index (χ2v) is 8.81. The summed E-state index contributed by atoms with van der Waals surface area (Å²) >= 11 is 0. The van der Waals surface area contributed by atoms with E-state index in [0.29, 0.717) is 25.1 Å². The molecule has 6 heteroatoms. The summed E-state index contributed by atoms with van der Waals surface area (Å²) in [5.41, 5.74) is 0.367. The molecule has 0 aliphatic carbocycles. The van der Waals surface area contributed by atoms with Crippen LogP contribution in [0.15, 0.2) is 36.4 Å². The van der Waals surface area contributed by atoms with E-state index in [2.05, 4.69) is 36.3 Å². The molecule has 0 heterocycles. The van der Waals surface area contributed by atoms with Gasteiger partial charge in [-0.25, -0.2) is 0 Å². The molecule has 1 atom stereocenters. The number of nitrogens with one attached hydrogen (secondary N) is 2. The van der Waals surface area contributed by atoms with Gasteiger partial charge in [-0.2, -0.15) is 0 Å². The molecule has 2 aromatic rings. The molecule has 0 saturated heterocycles. The summed E-state index contributed by atoms with van der Waals surface area (Å²) < 4.78 is 5.68. The molecule has 2 rings (SSSR count). The second kappa shape index (κ2) is 11.1. The lowest BCUT2D eigenvalue weighted by Crippen LogP contribution is -2.53. The van der Waals surface area contributed by atoms with Crippen molar-refractivity contribution in [2.45, 2.75) is 58.5 Å². The van der Waals surface area contributed by atoms with Crippen LogP contribution in [0.2, 0.25) is 0 Å². The maximum Gasteiger partial charge on any atom is 0.251 e. The molecule has 0 fully saturated rings. The minimum atomic E-state index is -0.559. The van der Waals surface area contributed by atoms with Gasteiger partial charge in [0.2, 0.25) is 5.91 Å². The zero-order chi connectivity index (χ0) is 23.0. The highest BCUT2D eigenvalue weighted by Crippen LogP contribution is 2.22. The third-order valence-corrected chi connectivity index (χ3v) is 5.65. The summed E-state index contributed by atoms with van der Waals surface area (Å²) in [5.74, 6) is 0.434. The highest BCUT2D eigenvalue weighted by Gasteiger charge is 2.25. The SMILES string of the molecule is CCCOc1ccc2cc(C(=O)N[C@@H](CCC)C(=O)NCC(C)(C)N(C)C)ccc2c1. The molecule has 0 unspecified atom stereocenters. The highest BCUT2D eigenvalue weighted by molar-refractivity contribution is 6.00. The third-order valence-electron chi connectivity index (χ3n) is 5.65. The summed E-state index contributed by atoms with van der Waals surface area (Å²) in [4.78, 5) is 27.7. The number of carbonyl (C=O) groups is 2. The molecule has 0 saturated carbocycles. The molecule has 6 nitrogen and oxygen atoms in total. The van der Waals surface area contributed by atoms with E-state index < -0.39 is 6.04 Å². The summed E-state index contributed by atoms with van der Waals surface area (Å²) in [6.45, 7) is 9.39. The maximum atomic E-state index is 12.9. The van der Waals surface area contributed by atoms with E-state index in [1.807, 2.05) is 51.4 Å². The quantitative estimate of drug-likeness (QED) is 0.569. The monoisotopic (exact) mass is 427 g/mol. The van der Waals surface area contributed by atoms with Crippen molar-refractivity contribution in [2.75, 3.05) is 27.2 Å². The first-order valence-corrected chi connectivity index (χ1v) is 11.1. The fraction of sp³-hybridized carbons (Fsp3) is 0.520. The number of benzene rings is 2. The van der Waals surface area contributed by atoms with Crippen LogP contribution in [0.25, 0.3) is 10.8 Å². The number of carbonyl (C=O) groups excluding carboxylic acids is 2. The van der Waals surface area contributed by atoms with Crippen LogP contribution in [-0.2, 0) is 4.79 Å². The molecule has 0 radical (unpaired) electrons. The van der Waals surface area contributed by atoms with Gasteiger partial charge in [-0.05, 0) is 75.8 Å². The Morgan fingerprint density at radius 3 is 2.35 bits per heavy atom. The number of ether oxygens (including phenoxy) is 1. The van der Waals surface area contributed by atoms with Crippen molar-refractivity contribution in [3.63, 3.8) is 0 Å². The molecule has 2 N–H and O–H groups in total. The largest absolute Gasteiger partial charge is 0.494 e. The fourth-order valence-electron chi connectivity index (χ4n) is 3.06. The minimum Gasteiger partial charge on any atom is -0.494 e. The third kappa shape index (κ3) is 6.96. The molecule has 170 valence electrons. The van der Waals surface area contributed by atoms with Crippen molar-refractivity contribution in [3.8, 4) is 5.75 Å². The van der Waals surface area contributed by atoms with E-state index in [1.165, 1.54) is 0 Å². The molecule has 2 amide bonds. The molecule has 0 bridgehead atoms. The van der Waals surface area contributed by atoms with E-state index in [9.17, 15) is 9.59 Å². The topological polar surface area (TPSA) is 70.7 Å². The van der Waals surface area contributed by atoms with Gasteiger partial charge in [0, 0.05) is 17.6 Å². The normalized spacial score (nSPS) is 12.6. The van der Waals surface area contributed by atoms with Crippen LogP contribution in [0.4, 0.5) is 0 Å². The molecule has 0 aliphatic heterocycles. The lowest BCUT2D eigenvalue weighted by atomic mass is 10.0. The molecule has 2 aromatic carbocycles. The average Bonchev–Trinajstić information content (AvgIpc) is 2.75. The molecular weight excluding hydrogens is 390 g/mol. The number of amides is 2. The Morgan fingerprint density at radius 1 is 1.03 bits per heavy atom. The van der Waals surface area contributed by atoms with Crippen LogP contribution in [0, 0.1) is 0 Å².